The lowest BCUT2D eigenvalue weighted by Gasteiger charge is -1.85. The van der Waals surface area contributed by atoms with Crippen molar-refractivity contribution in [3.05, 3.63) is 0 Å². The maximum Gasteiger partial charge on any atom is 0.176 e. The van der Waals surface area contributed by atoms with Gasteiger partial charge in [-0.2, -0.15) is 0 Å². The number of rotatable bonds is 0. The summed E-state index contributed by atoms with van der Waals surface area (Å²) in [5, 5.41) is 8.85. The van der Waals surface area contributed by atoms with Crippen LogP contribution < -0.4 is 0 Å². The van der Waals surface area contributed by atoms with E-state index in [9.17, 15) is 0 Å². The normalized spacial score (nSPS) is 7.60. The minimum Gasteiger partial charge on any atom is -0.369 e. The highest BCUT2D eigenvalue weighted by molar-refractivity contribution is 6.19. The van der Waals surface area contributed by atoms with Crippen molar-refractivity contribution in [2.75, 3.05) is 11.8 Å². The molecule has 0 heterocycles. The van der Waals surface area contributed by atoms with Crippen molar-refractivity contribution in [1.82, 2.24) is 0 Å². The van der Waals surface area contributed by atoms with E-state index in [1.165, 1.54) is 0 Å². The van der Waals surface area contributed by atoms with Gasteiger partial charge in [-0.05, 0) is 0 Å². The monoisotopic (exact) mass is 176 g/mol. The molecule has 0 aliphatic rings. The third kappa shape index (κ3) is 5.79. The summed E-state index contributed by atoms with van der Waals surface area (Å²) in [6.45, 7) is 0. The SMILES string of the molecule is OC(C#CCCl)C#CCCl. The Bertz CT molecular complexity index is 169. The van der Waals surface area contributed by atoms with Gasteiger partial charge < -0.3 is 5.11 Å². The van der Waals surface area contributed by atoms with Gasteiger partial charge in [-0.1, -0.05) is 23.7 Å². The zero-order chi connectivity index (χ0) is 7.82. The summed E-state index contributed by atoms with van der Waals surface area (Å²) >= 11 is 10.4. The van der Waals surface area contributed by atoms with Crippen LogP contribution in [0.25, 0.3) is 0 Å². The van der Waals surface area contributed by atoms with Crippen LogP contribution in [-0.2, 0) is 0 Å². The Morgan fingerprint density at radius 1 is 1.10 bits per heavy atom. The molecule has 1 N–H and O–H groups in total. The number of aliphatic hydroxyl groups excluding tert-OH is 1. The highest BCUT2D eigenvalue weighted by atomic mass is 35.5. The van der Waals surface area contributed by atoms with E-state index < -0.39 is 6.10 Å². The van der Waals surface area contributed by atoms with Crippen molar-refractivity contribution in [3.8, 4) is 23.7 Å². The lowest BCUT2D eigenvalue weighted by atomic mass is 10.3. The first-order chi connectivity index (χ1) is 4.81. The summed E-state index contributed by atoms with van der Waals surface area (Å²) < 4.78 is 0. The van der Waals surface area contributed by atoms with E-state index in [-0.39, 0.29) is 11.8 Å². The molecule has 0 aliphatic carbocycles. The fourth-order valence-electron chi connectivity index (χ4n) is 0.307. The number of halogens is 2. The molecular weight excluding hydrogens is 171 g/mol. The molecule has 1 nitrogen and oxygen atoms in total. The number of hydrogen-bond acceptors (Lipinski definition) is 1. The fraction of sp³-hybridized carbons (Fsp3) is 0.429. The Balaban J connectivity index is 3.73. The molecule has 0 aromatic carbocycles. The molecule has 0 aromatic rings. The molecule has 0 saturated carbocycles. The Hall–Kier alpha value is -0.340. The van der Waals surface area contributed by atoms with Crippen molar-refractivity contribution in [3.63, 3.8) is 0 Å². The quantitative estimate of drug-likeness (QED) is 0.429. The molecular formula is C7H6Cl2O. The topological polar surface area (TPSA) is 20.2 Å². The van der Waals surface area contributed by atoms with E-state index >= 15 is 0 Å². The van der Waals surface area contributed by atoms with Crippen LogP contribution in [0.1, 0.15) is 0 Å². The first-order valence-electron chi connectivity index (χ1n) is 2.58. The van der Waals surface area contributed by atoms with Gasteiger partial charge in [0.15, 0.2) is 6.10 Å². The van der Waals surface area contributed by atoms with Gasteiger partial charge >= 0.3 is 0 Å². The van der Waals surface area contributed by atoms with Crippen LogP contribution in [0.5, 0.6) is 0 Å². The van der Waals surface area contributed by atoms with E-state index in [2.05, 4.69) is 23.7 Å². The van der Waals surface area contributed by atoms with Gasteiger partial charge in [-0.3, -0.25) is 0 Å². The second kappa shape index (κ2) is 6.78. The third-order valence-electron chi connectivity index (χ3n) is 0.611. The minimum absolute atomic E-state index is 0.208. The summed E-state index contributed by atoms with van der Waals surface area (Å²) in [7, 11) is 0. The summed E-state index contributed by atoms with van der Waals surface area (Å²) in [5.41, 5.74) is 0. The van der Waals surface area contributed by atoms with E-state index in [1.807, 2.05) is 0 Å². The number of alkyl halides is 2. The van der Waals surface area contributed by atoms with Crippen LogP contribution in [0.4, 0.5) is 0 Å². The second-order valence-corrected chi connectivity index (χ2v) is 1.85. The molecule has 3 heteroatoms. The lowest BCUT2D eigenvalue weighted by Crippen LogP contribution is -1.97. The van der Waals surface area contributed by atoms with Crippen molar-refractivity contribution in [2.24, 2.45) is 0 Å². The van der Waals surface area contributed by atoms with Crippen molar-refractivity contribution in [2.45, 2.75) is 6.10 Å². The van der Waals surface area contributed by atoms with Crippen molar-refractivity contribution in [1.29, 1.82) is 0 Å². The van der Waals surface area contributed by atoms with Gasteiger partial charge in [0, 0.05) is 0 Å². The molecule has 0 aliphatic heterocycles. The Kier molecular flexibility index (Phi) is 6.55. The minimum atomic E-state index is -0.919. The third-order valence-corrected chi connectivity index (χ3v) is 0.878. The maximum atomic E-state index is 8.85. The van der Waals surface area contributed by atoms with Crippen LogP contribution in [-0.4, -0.2) is 23.0 Å². The average molecular weight is 177 g/mol. The largest absolute Gasteiger partial charge is 0.369 e. The summed E-state index contributed by atoms with van der Waals surface area (Å²) in [6.07, 6.45) is -0.919. The number of hydrogen-bond donors (Lipinski definition) is 1. The molecule has 0 radical (unpaired) electrons. The average Bonchev–Trinajstić information content (AvgIpc) is 1.97. The molecule has 0 atom stereocenters. The highest BCUT2D eigenvalue weighted by Gasteiger charge is 1.86. The van der Waals surface area contributed by atoms with Crippen molar-refractivity contribution >= 4 is 23.2 Å². The first-order valence-corrected chi connectivity index (χ1v) is 3.65. The van der Waals surface area contributed by atoms with Crippen molar-refractivity contribution < 1.29 is 5.11 Å². The predicted octanol–water partition coefficient (Wildman–Crippen LogP) is 0.832. The van der Waals surface area contributed by atoms with Gasteiger partial charge in [-0.15, -0.1) is 23.2 Å². The van der Waals surface area contributed by atoms with Gasteiger partial charge in [-0.25, -0.2) is 0 Å². The van der Waals surface area contributed by atoms with Gasteiger partial charge in [0.05, 0.1) is 11.8 Å². The lowest BCUT2D eigenvalue weighted by molar-refractivity contribution is 0.289. The molecule has 0 aromatic heterocycles. The van der Waals surface area contributed by atoms with Crippen LogP contribution in [0.15, 0.2) is 0 Å². The molecule has 0 rings (SSSR count). The Morgan fingerprint density at radius 3 is 1.80 bits per heavy atom. The van der Waals surface area contributed by atoms with E-state index in [1.54, 1.807) is 0 Å². The van der Waals surface area contributed by atoms with Crippen LogP contribution >= 0.6 is 23.2 Å². The Morgan fingerprint density at radius 2 is 1.50 bits per heavy atom. The smallest absolute Gasteiger partial charge is 0.176 e. The summed E-state index contributed by atoms with van der Waals surface area (Å²) in [6, 6.07) is 0. The molecule has 0 spiro atoms. The van der Waals surface area contributed by atoms with Gasteiger partial charge in [0.2, 0.25) is 0 Å². The van der Waals surface area contributed by atoms with Gasteiger partial charge in [0.1, 0.15) is 0 Å². The van der Waals surface area contributed by atoms with Crippen LogP contribution in [0.3, 0.4) is 0 Å². The zero-order valence-corrected chi connectivity index (χ0v) is 6.71. The van der Waals surface area contributed by atoms with Crippen LogP contribution in [0.2, 0.25) is 0 Å². The van der Waals surface area contributed by atoms with E-state index in [4.69, 9.17) is 28.3 Å². The second-order valence-electron chi connectivity index (χ2n) is 1.31. The highest BCUT2D eigenvalue weighted by Crippen LogP contribution is 1.77. The van der Waals surface area contributed by atoms with E-state index in [0.717, 1.165) is 0 Å². The molecule has 54 valence electrons. The predicted molar refractivity (Wildman–Crippen MR) is 43.0 cm³/mol. The molecule has 0 saturated heterocycles. The van der Waals surface area contributed by atoms with E-state index in [0.29, 0.717) is 0 Å². The maximum absolute atomic E-state index is 8.85. The molecule has 0 bridgehead atoms. The van der Waals surface area contributed by atoms with Crippen LogP contribution in [0, 0.1) is 23.7 Å². The Labute approximate surface area is 70.3 Å². The van der Waals surface area contributed by atoms with Gasteiger partial charge in [0.25, 0.3) is 0 Å². The fourth-order valence-corrected chi connectivity index (χ4v) is 0.461. The zero-order valence-electron chi connectivity index (χ0n) is 5.19. The molecule has 0 fully saturated rings. The molecule has 0 amide bonds. The molecule has 10 heavy (non-hydrogen) atoms. The standard InChI is InChI=1S/C7H6Cl2O/c8-5-1-3-7(10)4-2-6-9/h7,10H,5-6H2. The number of aliphatic hydroxyl groups is 1. The summed E-state index contributed by atoms with van der Waals surface area (Å²) in [5.74, 6) is 10.2. The molecule has 0 unspecified atom stereocenters. The summed E-state index contributed by atoms with van der Waals surface area (Å²) in [4.78, 5) is 0. The first kappa shape index (κ1) is 9.66.